The molecule has 0 spiro atoms. The van der Waals surface area contributed by atoms with Crippen molar-refractivity contribution in [2.45, 2.75) is 124 Å². The molecule has 0 bridgehead atoms. The van der Waals surface area contributed by atoms with Crippen LogP contribution in [0.4, 0.5) is 0 Å². The summed E-state index contributed by atoms with van der Waals surface area (Å²) in [5.74, 6) is 4.86. The summed E-state index contributed by atoms with van der Waals surface area (Å²) in [6.45, 7) is 16.9. The highest BCUT2D eigenvalue weighted by Gasteiger charge is 2.32. The van der Waals surface area contributed by atoms with Gasteiger partial charge in [0.1, 0.15) is 17.2 Å². The summed E-state index contributed by atoms with van der Waals surface area (Å²) in [5.41, 5.74) is 6.48. The second-order valence-electron chi connectivity index (χ2n) is 16.6. The van der Waals surface area contributed by atoms with Gasteiger partial charge in [0.15, 0.2) is 0 Å². The molecule has 0 heterocycles. The third-order valence-electron chi connectivity index (χ3n) is 12.0. The number of ether oxygens (including phenoxy) is 5. The van der Waals surface area contributed by atoms with Crippen LogP contribution in [-0.4, -0.2) is 45.0 Å². The van der Waals surface area contributed by atoms with Gasteiger partial charge in [-0.2, -0.15) is 0 Å². The molecule has 7 nitrogen and oxygen atoms in total. The maximum atomic E-state index is 11.7. The van der Waals surface area contributed by atoms with Crippen LogP contribution >= 0.6 is 0 Å². The van der Waals surface area contributed by atoms with E-state index in [2.05, 4.69) is 56.5 Å². The van der Waals surface area contributed by atoms with E-state index in [0.717, 1.165) is 57.3 Å². The first-order valence-corrected chi connectivity index (χ1v) is 22.1. The summed E-state index contributed by atoms with van der Waals surface area (Å²) in [6.07, 6.45) is 17.5. The molecule has 0 aliphatic heterocycles. The normalized spacial score (nSPS) is 19.2. The zero-order valence-corrected chi connectivity index (χ0v) is 35.8. The van der Waals surface area contributed by atoms with E-state index in [-0.39, 0.29) is 11.9 Å². The molecule has 0 aromatic heterocycles. The molecule has 0 amide bonds. The number of unbranched alkanes of at least 4 members (excludes halogenated alkanes) is 2. The molecular formula is C51H68O7. The quantitative estimate of drug-likeness (QED) is 0.0569. The lowest BCUT2D eigenvalue weighted by Crippen LogP contribution is -2.25. The van der Waals surface area contributed by atoms with Crippen LogP contribution in [0.25, 0.3) is 22.3 Å². The molecule has 5 rings (SSSR count). The molecule has 7 heteroatoms. The summed E-state index contributed by atoms with van der Waals surface area (Å²) in [7, 11) is 0. The fraction of sp³-hybridized carbons (Fsp3) is 0.529. The lowest BCUT2D eigenvalue weighted by molar-refractivity contribution is -0.140. The van der Waals surface area contributed by atoms with Gasteiger partial charge in [0, 0.05) is 35.1 Å². The van der Waals surface area contributed by atoms with Crippen molar-refractivity contribution in [1.82, 2.24) is 0 Å². The van der Waals surface area contributed by atoms with Crippen molar-refractivity contribution in [3.05, 3.63) is 90.5 Å². The Balaban J connectivity index is 1.32. The van der Waals surface area contributed by atoms with Gasteiger partial charge in [-0.3, -0.25) is 0 Å². The zero-order valence-electron chi connectivity index (χ0n) is 35.8. The van der Waals surface area contributed by atoms with Crippen molar-refractivity contribution >= 4 is 11.9 Å². The number of carbonyl (C=O) groups excluding carboxylic acids is 2. The Bertz CT molecular complexity index is 1660. The predicted octanol–water partition coefficient (Wildman–Crippen LogP) is 12.9. The molecule has 2 saturated carbocycles. The van der Waals surface area contributed by atoms with Crippen molar-refractivity contribution in [3.63, 3.8) is 0 Å². The van der Waals surface area contributed by atoms with Crippen LogP contribution in [0.15, 0.2) is 85.0 Å². The summed E-state index contributed by atoms with van der Waals surface area (Å²) in [5, 5.41) is 0. The summed E-state index contributed by atoms with van der Waals surface area (Å²) < 4.78 is 28.9. The van der Waals surface area contributed by atoms with Crippen LogP contribution < -0.4 is 14.2 Å². The maximum absolute atomic E-state index is 11.7. The van der Waals surface area contributed by atoms with Crippen LogP contribution in [0.5, 0.6) is 17.2 Å². The molecule has 2 fully saturated rings. The lowest BCUT2D eigenvalue weighted by atomic mass is 9.67. The standard InChI is InChI=1S/C51H68O7/c1-7-9-10-13-38-14-16-39(17-15-38)40-18-20-41(21-19-40)44-34-47(42-22-26-45(27-23-42)55-30-11-32-57-50(52)36(3)4)49(54-8-2)48(35-44)43-24-28-46(29-25-43)56-31-12-33-58-51(53)37(5)6/h22-29,34-35,38-41H,3,5,7-21,30-33H2,1-2,4,6H3. The third kappa shape index (κ3) is 13.3. The Morgan fingerprint density at radius 3 is 1.48 bits per heavy atom. The Kier molecular flexibility index (Phi) is 17.8. The fourth-order valence-corrected chi connectivity index (χ4v) is 8.71. The van der Waals surface area contributed by atoms with E-state index in [1.54, 1.807) is 13.8 Å². The Hall–Kier alpha value is -4.52. The molecule has 0 atom stereocenters. The van der Waals surface area contributed by atoms with Crippen molar-refractivity contribution in [2.75, 3.05) is 33.0 Å². The van der Waals surface area contributed by atoms with Gasteiger partial charge >= 0.3 is 11.9 Å². The predicted molar refractivity (Wildman–Crippen MR) is 235 cm³/mol. The van der Waals surface area contributed by atoms with E-state index in [1.165, 1.54) is 82.6 Å². The summed E-state index contributed by atoms with van der Waals surface area (Å²) in [4.78, 5) is 23.4. The van der Waals surface area contributed by atoms with Gasteiger partial charge in [0.2, 0.25) is 0 Å². The van der Waals surface area contributed by atoms with Gasteiger partial charge in [-0.15, -0.1) is 0 Å². The first-order chi connectivity index (χ1) is 28.2. The topological polar surface area (TPSA) is 80.3 Å². The van der Waals surface area contributed by atoms with Crippen molar-refractivity contribution in [3.8, 4) is 39.5 Å². The third-order valence-corrected chi connectivity index (χ3v) is 12.0. The molecule has 3 aromatic rings. The number of hydrogen-bond donors (Lipinski definition) is 0. The van der Waals surface area contributed by atoms with E-state index < -0.39 is 0 Å². The Morgan fingerprint density at radius 2 is 1.05 bits per heavy atom. The second-order valence-corrected chi connectivity index (χ2v) is 16.6. The van der Waals surface area contributed by atoms with Crippen LogP contribution in [0.2, 0.25) is 0 Å². The van der Waals surface area contributed by atoms with Gasteiger partial charge in [0.25, 0.3) is 0 Å². The minimum atomic E-state index is -0.375. The largest absolute Gasteiger partial charge is 0.493 e. The zero-order chi connectivity index (χ0) is 41.3. The number of carbonyl (C=O) groups is 2. The minimum Gasteiger partial charge on any atom is -0.493 e. The van der Waals surface area contributed by atoms with Crippen molar-refractivity contribution in [2.24, 2.45) is 17.8 Å². The van der Waals surface area contributed by atoms with Crippen LogP contribution in [-0.2, 0) is 19.1 Å². The van der Waals surface area contributed by atoms with E-state index in [1.807, 2.05) is 31.2 Å². The van der Waals surface area contributed by atoms with Crippen molar-refractivity contribution < 1.29 is 33.3 Å². The Labute approximate surface area is 348 Å². The summed E-state index contributed by atoms with van der Waals surface area (Å²) in [6, 6.07) is 21.2. The number of benzene rings is 3. The minimum absolute atomic E-state index is 0.291. The van der Waals surface area contributed by atoms with Crippen LogP contribution in [0, 0.1) is 17.8 Å². The molecular weight excluding hydrogens is 725 g/mol. The summed E-state index contributed by atoms with van der Waals surface area (Å²) >= 11 is 0. The highest BCUT2D eigenvalue weighted by atomic mass is 16.5. The van der Waals surface area contributed by atoms with Gasteiger partial charge < -0.3 is 23.7 Å². The average molecular weight is 793 g/mol. The average Bonchev–Trinajstić information content (AvgIpc) is 3.24. The Morgan fingerprint density at radius 1 is 0.586 bits per heavy atom. The van der Waals surface area contributed by atoms with Crippen molar-refractivity contribution in [1.29, 1.82) is 0 Å². The van der Waals surface area contributed by atoms with Gasteiger partial charge in [-0.05, 0) is 136 Å². The van der Waals surface area contributed by atoms with E-state index in [9.17, 15) is 9.59 Å². The highest BCUT2D eigenvalue weighted by molar-refractivity contribution is 5.87. The molecule has 314 valence electrons. The molecule has 3 aromatic carbocycles. The van der Waals surface area contributed by atoms with Crippen LogP contribution in [0.3, 0.4) is 0 Å². The maximum Gasteiger partial charge on any atom is 0.333 e. The highest BCUT2D eigenvalue weighted by Crippen LogP contribution is 2.48. The molecule has 58 heavy (non-hydrogen) atoms. The second kappa shape index (κ2) is 23.2. The van der Waals surface area contributed by atoms with Gasteiger partial charge in [-0.1, -0.05) is 82.9 Å². The molecule has 0 N–H and O–H groups in total. The molecule has 0 unspecified atom stereocenters. The monoisotopic (exact) mass is 792 g/mol. The van der Waals surface area contributed by atoms with Crippen LogP contribution in [0.1, 0.15) is 129 Å². The molecule has 2 aliphatic rings. The number of hydrogen-bond acceptors (Lipinski definition) is 7. The molecule has 2 aliphatic carbocycles. The number of rotatable bonds is 22. The molecule has 0 radical (unpaired) electrons. The van der Waals surface area contributed by atoms with Gasteiger partial charge in [0.05, 0.1) is 33.0 Å². The van der Waals surface area contributed by atoms with E-state index >= 15 is 0 Å². The molecule has 0 saturated heterocycles. The number of esters is 2. The SMILES string of the molecule is C=C(C)C(=O)OCCCOc1ccc(-c2cc(C3CCC(C4CCC(CCCCC)CC4)CC3)cc(-c3ccc(OCCCOC(=O)C(=C)C)cc3)c2OCC)cc1. The fourth-order valence-electron chi connectivity index (χ4n) is 8.71. The van der Waals surface area contributed by atoms with E-state index in [0.29, 0.717) is 62.9 Å². The smallest absolute Gasteiger partial charge is 0.333 e. The first-order valence-electron chi connectivity index (χ1n) is 22.1. The van der Waals surface area contributed by atoms with E-state index in [4.69, 9.17) is 23.7 Å². The van der Waals surface area contributed by atoms with Gasteiger partial charge in [-0.25, -0.2) is 9.59 Å². The lowest BCUT2D eigenvalue weighted by Gasteiger charge is -2.38. The first kappa shape index (κ1) is 44.6.